The number of aliphatic imine (C=N–C) groups is 1. The lowest BCUT2D eigenvalue weighted by atomic mass is 10.0. The number of halogens is 1. The van der Waals surface area contributed by atoms with E-state index >= 15 is 0 Å². The van der Waals surface area contributed by atoms with Crippen LogP contribution in [-0.4, -0.2) is 24.3 Å². The van der Waals surface area contributed by atoms with Crippen molar-refractivity contribution in [3.8, 4) is 0 Å². The average molecular weight is 391 g/mol. The van der Waals surface area contributed by atoms with Crippen LogP contribution < -0.4 is 5.32 Å². The Morgan fingerprint density at radius 3 is 2.43 bits per heavy atom. The minimum atomic E-state index is -0.648. The predicted molar refractivity (Wildman–Crippen MR) is 112 cm³/mol. The minimum Gasteiger partial charge on any atom is -0.374 e. The summed E-state index contributed by atoms with van der Waals surface area (Å²) in [5.74, 6) is -0.192. The van der Waals surface area contributed by atoms with Crippen LogP contribution in [0.25, 0.3) is 0 Å². The molecule has 4 nitrogen and oxygen atoms in total. The van der Waals surface area contributed by atoms with Crippen molar-refractivity contribution in [2.75, 3.05) is 11.9 Å². The highest BCUT2D eigenvalue weighted by atomic mass is 35.5. The number of hydrogen-bond acceptors (Lipinski definition) is 3. The fourth-order valence-electron chi connectivity index (χ4n) is 3.12. The average Bonchev–Trinajstić information content (AvgIpc) is 2.86. The van der Waals surface area contributed by atoms with E-state index in [9.17, 15) is 4.79 Å². The van der Waals surface area contributed by atoms with Gasteiger partial charge in [-0.15, -0.1) is 0 Å². The first-order chi connectivity index (χ1) is 13.7. The van der Waals surface area contributed by atoms with Gasteiger partial charge in [0.2, 0.25) is 0 Å². The highest BCUT2D eigenvalue weighted by Gasteiger charge is 2.26. The number of fused-ring (bicyclic) bond motifs is 1. The first kappa shape index (κ1) is 18.4. The van der Waals surface area contributed by atoms with Crippen LogP contribution in [0.15, 0.2) is 83.9 Å². The van der Waals surface area contributed by atoms with E-state index in [0.717, 1.165) is 22.4 Å². The molecule has 0 fully saturated rings. The van der Waals surface area contributed by atoms with Gasteiger partial charge < -0.3 is 10.1 Å². The summed E-state index contributed by atoms with van der Waals surface area (Å²) in [6, 6.07) is 24.4. The number of rotatable bonds is 5. The van der Waals surface area contributed by atoms with Crippen molar-refractivity contribution in [3.63, 3.8) is 0 Å². The van der Waals surface area contributed by atoms with Crippen LogP contribution in [0, 0.1) is 0 Å². The molecule has 0 spiro atoms. The standard InChI is InChI=1S/C23H19ClN2O2/c24-18-11-12-20-19(13-18)22(17-9-5-2-6-10-17)25-21(23(27)26-20)15-28-14-16-7-3-1-4-8-16/h1-13,21H,14-15H2,(H,26,27). The number of anilines is 1. The number of benzodiazepines with no additional fused rings is 1. The van der Waals surface area contributed by atoms with Gasteiger partial charge in [0.1, 0.15) is 0 Å². The van der Waals surface area contributed by atoms with E-state index in [2.05, 4.69) is 5.32 Å². The second kappa shape index (κ2) is 8.38. The van der Waals surface area contributed by atoms with Crippen LogP contribution in [0.3, 0.4) is 0 Å². The molecule has 5 heteroatoms. The normalized spacial score (nSPS) is 16.0. The maximum absolute atomic E-state index is 12.8. The third-order valence-corrected chi connectivity index (χ3v) is 4.75. The predicted octanol–water partition coefficient (Wildman–Crippen LogP) is 4.71. The van der Waals surface area contributed by atoms with Gasteiger partial charge in [-0.3, -0.25) is 9.79 Å². The summed E-state index contributed by atoms with van der Waals surface area (Å²) in [6.45, 7) is 0.623. The van der Waals surface area contributed by atoms with Gasteiger partial charge in [-0.1, -0.05) is 72.3 Å². The van der Waals surface area contributed by atoms with E-state index in [1.807, 2.05) is 66.7 Å². The van der Waals surface area contributed by atoms with E-state index in [1.54, 1.807) is 12.1 Å². The molecule has 0 bridgehead atoms. The summed E-state index contributed by atoms with van der Waals surface area (Å²) in [5.41, 5.74) is 4.21. The summed E-state index contributed by atoms with van der Waals surface area (Å²) < 4.78 is 5.80. The minimum absolute atomic E-state index is 0.192. The molecule has 4 rings (SSSR count). The second-order valence-electron chi connectivity index (χ2n) is 6.54. The lowest BCUT2D eigenvalue weighted by Gasteiger charge is -2.12. The van der Waals surface area contributed by atoms with Crippen molar-refractivity contribution < 1.29 is 9.53 Å². The zero-order chi connectivity index (χ0) is 19.3. The van der Waals surface area contributed by atoms with Crippen LogP contribution >= 0.6 is 11.6 Å². The third kappa shape index (κ3) is 4.14. The molecule has 1 aliphatic heterocycles. The van der Waals surface area contributed by atoms with Crippen LogP contribution in [0.2, 0.25) is 5.02 Å². The number of hydrogen-bond donors (Lipinski definition) is 1. The zero-order valence-electron chi connectivity index (χ0n) is 15.1. The molecule has 28 heavy (non-hydrogen) atoms. The molecule has 1 aliphatic rings. The molecule has 0 aromatic heterocycles. The SMILES string of the molecule is O=C1Nc2ccc(Cl)cc2C(c2ccccc2)=NC1COCc1ccccc1. The third-order valence-electron chi connectivity index (χ3n) is 4.52. The Bertz CT molecular complexity index is 1000. The summed E-state index contributed by atoms with van der Waals surface area (Å²) in [5, 5.41) is 3.55. The summed E-state index contributed by atoms with van der Waals surface area (Å²) in [6.07, 6.45) is 0. The fraction of sp³-hybridized carbons (Fsp3) is 0.130. The van der Waals surface area contributed by atoms with E-state index in [4.69, 9.17) is 21.3 Å². The molecule has 0 saturated carbocycles. The monoisotopic (exact) mass is 390 g/mol. The Morgan fingerprint density at radius 1 is 0.964 bits per heavy atom. The number of carbonyl (C=O) groups is 1. The van der Waals surface area contributed by atoms with Crippen LogP contribution in [0.1, 0.15) is 16.7 Å². The van der Waals surface area contributed by atoms with Gasteiger partial charge in [-0.05, 0) is 23.8 Å². The zero-order valence-corrected chi connectivity index (χ0v) is 15.9. The number of benzene rings is 3. The molecule has 3 aromatic carbocycles. The van der Waals surface area contributed by atoms with Crippen molar-refractivity contribution in [2.24, 2.45) is 4.99 Å². The highest BCUT2D eigenvalue weighted by molar-refractivity contribution is 6.32. The Balaban J connectivity index is 1.64. The van der Waals surface area contributed by atoms with Crippen molar-refractivity contribution in [1.29, 1.82) is 0 Å². The molecule has 1 heterocycles. The van der Waals surface area contributed by atoms with Gasteiger partial charge in [0.15, 0.2) is 6.04 Å². The van der Waals surface area contributed by atoms with Crippen LogP contribution in [0.4, 0.5) is 5.69 Å². The molecule has 0 radical (unpaired) electrons. The van der Waals surface area contributed by atoms with Gasteiger partial charge in [-0.2, -0.15) is 0 Å². The topological polar surface area (TPSA) is 50.7 Å². The van der Waals surface area contributed by atoms with E-state index in [0.29, 0.717) is 17.3 Å². The molecule has 0 aliphatic carbocycles. The lowest BCUT2D eigenvalue weighted by molar-refractivity contribution is -0.118. The summed E-state index contributed by atoms with van der Waals surface area (Å²) in [4.78, 5) is 17.5. The van der Waals surface area contributed by atoms with Gasteiger partial charge in [0.05, 0.1) is 24.6 Å². The van der Waals surface area contributed by atoms with Crippen molar-refractivity contribution in [3.05, 3.63) is 101 Å². The number of nitrogens with one attached hydrogen (secondary N) is 1. The smallest absolute Gasteiger partial charge is 0.251 e. The Labute approximate surface area is 168 Å². The van der Waals surface area contributed by atoms with Crippen LogP contribution in [0.5, 0.6) is 0 Å². The highest BCUT2D eigenvalue weighted by Crippen LogP contribution is 2.27. The van der Waals surface area contributed by atoms with Crippen LogP contribution in [-0.2, 0) is 16.1 Å². The number of amides is 1. The summed E-state index contributed by atoms with van der Waals surface area (Å²) in [7, 11) is 0. The Hall–Kier alpha value is -2.95. The molecular weight excluding hydrogens is 372 g/mol. The molecule has 3 aromatic rings. The van der Waals surface area contributed by atoms with Gasteiger partial charge in [0, 0.05) is 16.1 Å². The van der Waals surface area contributed by atoms with E-state index in [1.165, 1.54) is 0 Å². The van der Waals surface area contributed by atoms with E-state index in [-0.39, 0.29) is 12.5 Å². The molecule has 140 valence electrons. The molecule has 1 N–H and O–H groups in total. The maximum atomic E-state index is 12.8. The Morgan fingerprint density at radius 2 is 1.68 bits per heavy atom. The first-order valence-corrected chi connectivity index (χ1v) is 9.44. The van der Waals surface area contributed by atoms with Crippen molar-refractivity contribution in [2.45, 2.75) is 12.6 Å². The van der Waals surface area contributed by atoms with Crippen molar-refractivity contribution >= 4 is 28.9 Å². The molecular formula is C23H19ClN2O2. The molecule has 1 unspecified atom stereocenters. The van der Waals surface area contributed by atoms with Crippen molar-refractivity contribution in [1.82, 2.24) is 0 Å². The Kier molecular flexibility index (Phi) is 5.51. The van der Waals surface area contributed by atoms with Gasteiger partial charge in [-0.25, -0.2) is 0 Å². The molecule has 1 amide bonds. The largest absolute Gasteiger partial charge is 0.374 e. The quantitative estimate of drug-likeness (QED) is 0.685. The lowest BCUT2D eigenvalue weighted by Crippen LogP contribution is -2.30. The number of carbonyl (C=O) groups excluding carboxylic acids is 1. The first-order valence-electron chi connectivity index (χ1n) is 9.06. The maximum Gasteiger partial charge on any atom is 0.251 e. The number of nitrogens with zero attached hydrogens (tertiary/aromatic N) is 1. The summed E-state index contributed by atoms with van der Waals surface area (Å²) >= 11 is 6.21. The molecule has 1 atom stereocenters. The van der Waals surface area contributed by atoms with Gasteiger partial charge >= 0.3 is 0 Å². The van der Waals surface area contributed by atoms with Gasteiger partial charge in [0.25, 0.3) is 5.91 Å². The number of ether oxygens (including phenoxy) is 1. The fourth-order valence-corrected chi connectivity index (χ4v) is 3.30. The molecule has 0 saturated heterocycles. The van der Waals surface area contributed by atoms with E-state index < -0.39 is 6.04 Å². The second-order valence-corrected chi connectivity index (χ2v) is 6.98.